The number of benzene rings is 3. The maximum absolute atomic E-state index is 13.3. The standard InChI is InChI=1S/C22H18O6.C2H4O2/c1-14(23)22(15-5-9-17(24)10-6-15,16-7-11-18(25)12-8-16)21(27)28-20-4-2-3-19(26)13-20;1-2(3)4/h2-13,24-26H,1H3;1H3,(H,3,4). The Kier molecular flexibility index (Phi) is 7.57. The number of phenols is 3. The number of hydrogen-bond donors (Lipinski definition) is 4. The Hall–Kier alpha value is -4.33. The van der Waals surface area contributed by atoms with Crippen molar-refractivity contribution in [3.63, 3.8) is 0 Å². The van der Waals surface area contributed by atoms with E-state index in [0.29, 0.717) is 11.1 Å². The second-order valence-electron chi connectivity index (χ2n) is 6.81. The van der Waals surface area contributed by atoms with E-state index in [-0.39, 0.29) is 23.0 Å². The highest BCUT2D eigenvalue weighted by molar-refractivity contribution is 6.13. The summed E-state index contributed by atoms with van der Waals surface area (Å²) in [5, 5.41) is 36.3. The number of carbonyl (C=O) groups excluding carboxylic acids is 2. The van der Waals surface area contributed by atoms with Crippen LogP contribution in [-0.4, -0.2) is 38.1 Å². The lowest BCUT2D eigenvalue weighted by Crippen LogP contribution is -2.46. The van der Waals surface area contributed by atoms with Crippen LogP contribution in [0.5, 0.6) is 23.0 Å². The normalized spacial score (nSPS) is 10.4. The molecule has 3 aromatic carbocycles. The zero-order valence-electron chi connectivity index (χ0n) is 17.4. The number of esters is 1. The summed E-state index contributed by atoms with van der Waals surface area (Å²) in [6.07, 6.45) is 0. The van der Waals surface area contributed by atoms with Gasteiger partial charge in [-0.25, -0.2) is 4.79 Å². The van der Waals surface area contributed by atoms with E-state index in [0.717, 1.165) is 6.92 Å². The van der Waals surface area contributed by atoms with Gasteiger partial charge in [-0.1, -0.05) is 30.3 Å². The number of phenolic OH excluding ortho intramolecular Hbond substituents is 3. The van der Waals surface area contributed by atoms with Crippen molar-refractivity contribution in [3.8, 4) is 23.0 Å². The van der Waals surface area contributed by atoms with E-state index in [1.807, 2.05) is 0 Å². The van der Waals surface area contributed by atoms with Gasteiger partial charge in [0.2, 0.25) is 0 Å². The first-order chi connectivity index (χ1) is 15.1. The van der Waals surface area contributed by atoms with Gasteiger partial charge >= 0.3 is 5.97 Å². The lowest BCUT2D eigenvalue weighted by atomic mass is 9.71. The highest BCUT2D eigenvalue weighted by Crippen LogP contribution is 2.37. The predicted octanol–water partition coefficient (Wildman–Crippen LogP) is 3.38. The zero-order chi connectivity index (χ0) is 23.9. The molecule has 0 aliphatic rings. The molecule has 0 aliphatic heterocycles. The van der Waals surface area contributed by atoms with Gasteiger partial charge in [-0.15, -0.1) is 0 Å². The zero-order valence-corrected chi connectivity index (χ0v) is 17.4. The number of Topliss-reactive ketones (excluding diaryl/α,β-unsaturated/α-hetero) is 1. The molecule has 0 unspecified atom stereocenters. The average Bonchev–Trinajstić information content (AvgIpc) is 2.70. The van der Waals surface area contributed by atoms with Crippen LogP contribution in [0.3, 0.4) is 0 Å². The molecule has 0 heterocycles. The SMILES string of the molecule is CC(=O)C(C(=O)Oc1cccc(O)c1)(c1ccc(O)cc1)c1ccc(O)cc1.CC(=O)O. The molecule has 0 radical (unpaired) electrons. The van der Waals surface area contributed by atoms with Gasteiger partial charge in [-0.2, -0.15) is 0 Å². The molecule has 32 heavy (non-hydrogen) atoms. The molecular weight excluding hydrogens is 416 g/mol. The third-order valence-corrected chi connectivity index (χ3v) is 4.46. The number of hydrogen-bond acceptors (Lipinski definition) is 7. The Labute approximate surface area is 184 Å². The molecule has 0 fully saturated rings. The Morgan fingerprint density at radius 2 is 1.16 bits per heavy atom. The minimum Gasteiger partial charge on any atom is -0.508 e. The van der Waals surface area contributed by atoms with Gasteiger partial charge in [0, 0.05) is 13.0 Å². The van der Waals surface area contributed by atoms with E-state index in [9.17, 15) is 24.9 Å². The van der Waals surface area contributed by atoms with Gasteiger partial charge in [0.25, 0.3) is 5.97 Å². The van der Waals surface area contributed by atoms with Gasteiger partial charge in [0.05, 0.1) is 0 Å². The lowest BCUT2D eigenvalue weighted by Gasteiger charge is -2.30. The average molecular weight is 438 g/mol. The van der Waals surface area contributed by atoms with Crippen molar-refractivity contribution < 1.29 is 39.5 Å². The van der Waals surface area contributed by atoms with E-state index in [2.05, 4.69) is 0 Å². The third-order valence-electron chi connectivity index (χ3n) is 4.46. The molecule has 0 amide bonds. The summed E-state index contributed by atoms with van der Waals surface area (Å²) in [5.41, 5.74) is -1.23. The minimum atomic E-state index is -1.83. The molecule has 0 spiro atoms. The monoisotopic (exact) mass is 438 g/mol. The molecule has 3 rings (SSSR count). The topological polar surface area (TPSA) is 141 Å². The number of ether oxygens (including phenoxy) is 1. The van der Waals surface area contributed by atoms with Crippen LogP contribution in [0.4, 0.5) is 0 Å². The number of aliphatic carboxylic acids is 1. The number of carboxylic acid groups (broad SMARTS) is 1. The summed E-state index contributed by atoms with van der Waals surface area (Å²) in [5.74, 6) is -2.27. The molecule has 8 heteroatoms. The van der Waals surface area contributed by atoms with Crippen LogP contribution in [0.2, 0.25) is 0 Å². The first kappa shape index (κ1) is 23.9. The number of carboxylic acids is 1. The van der Waals surface area contributed by atoms with E-state index < -0.39 is 23.1 Å². The highest BCUT2D eigenvalue weighted by Gasteiger charge is 2.48. The minimum absolute atomic E-state index is 0.0201. The van der Waals surface area contributed by atoms with E-state index in [1.54, 1.807) is 0 Å². The Balaban J connectivity index is 0.000000837. The molecule has 0 aromatic heterocycles. The molecule has 0 saturated heterocycles. The fourth-order valence-electron chi connectivity index (χ4n) is 3.11. The Morgan fingerprint density at radius 3 is 1.53 bits per heavy atom. The van der Waals surface area contributed by atoms with Crippen molar-refractivity contribution in [2.24, 2.45) is 0 Å². The molecular formula is C24H22O8. The van der Waals surface area contributed by atoms with E-state index in [4.69, 9.17) is 14.6 Å². The highest BCUT2D eigenvalue weighted by atomic mass is 16.5. The van der Waals surface area contributed by atoms with Crippen molar-refractivity contribution in [1.29, 1.82) is 0 Å². The number of carbonyl (C=O) groups is 3. The van der Waals surface area contributed by atoms with Crippen LogP contribution in [0.1, 0.15) is 25.0 Å². The largest absolute Gasteiger partial charge is 0.508 e. The van der Waals surface area contributed by atoms with Crippen molar-refractivity contribution in [2.45, 2.75) is 19.3 Å². The first-order valence-corrected chi connectivity index (χ1v) is 9.38. The molecule has 0 atom stereocenters. The predicted molar refractivity (Wildman–Crippen MR) is 115 cm³/mol. The summed E-state index contributed by atoms with van der Waals surface area (Å²) in [7, 11) is 0. The number of aromatic hydroxyl groups is 3. The van der Waals surface area contributed by atoms with Crippen LogP contribution in [0, 0.1) is 0 Å². The fourth-order valence-corrected chi connectivity index (χ4v) is 3.11. The Bertz CT molecular complexity index is 1050. The molecule has 166 valence electrons. The summed E-state index contributed by atoms with van der Waals surface area (Å²) in [6, 6.07) is 17.0. The van der Waals surface area contributed by atoms with Crippen molar-refractivity contribution in [3.05, 3.63) is 83.9 Å². The molecule has 0 bridgehead atoms. The lowest BCUT2D eigenvalue weighted by molar-refractivity contribution is -0.144. The summed E-state index contributed by atoms with van der Waals surface area (Å²) < 4.78 is 5.45. The maximum Gasteiger partial charge on any atom is 0.334 e. The van der Waals surface area contributed by atoms with Gasteiger partial charge in [0.1, 0.15) is 23.0 Å². The van der Waals surface area contributed by atoms with Gasteiger partial charge < -0.3 is 25.2 Å². The van der Waals surface area contributed by atoms with Gasteiger partial charge in [-0.05, 0) is 54.4 Å². The molecule has 0 aliphatic carbocycles. The quantitative estimate of drug-likeness (QED) is 0.270. The van der Waals surface area contributed by atoms with Crippen LogP contribution < -0.4 is 4.74 Å². The van der Waals surface area contributed by atoms with Crippen molar-refractivity contribution in [1.82, 2.24) is 0 Å². The van der Waals surface area contributed by atoms with Crippen LogP contribution in [0.15, 0.2) is 72.8 Å². The van der Waals surface area contributed by atoms with Gasteiger partial charge in [-0.3, -0.25) is 9.59 Å². The number of ketones is 1. The van der Waals surface area contributed by atoms with Crippen molar-refractivity contribution in [2.75, 3.05) is 0 Å². The number of rotatable bonds is 5. The first-order valence-electron chi connectivity index (χ1n) is 9.38. The maximum atomic E-state index is 13.3. The van der Waals surface area contributed by atoms with Gasteiger partial charge in [0.15, 0.2) is 11.2 Å². The van der Waals surface area contributed by atoms with Crippen LogP contribution >= 0.6 is 0 Å². The van der Waals surface area contributed by atoms with Crippen LogP contribution in [-0.2, 0) is 19.8 Å². The van der Waals surface area contributed by atoms with E-state index >= 15 is 0 Å². The smallest absolute Gasteiger partial charge is 0.334 e. The Morgan fingerprint density at radius 1 is 0.719 bits per heavy atom. The molecule has 4 N–H and O–H groups in total. The third kappa shape index (κ3) is 5.42. The molecule has 0 saturated carbocycles. The molecule has 3 aromatic rings. The second kappa shape index (κ2) is 10.1. The fraction of sp³-hybridized carbons (Fsp3) is 0.125. The summed E-state index contributed by atoms with van der Waals surface area (Å²) in [6.45, 7) is 2.35. The van der Waals surface area contributed by atoms with E-state index in [1.165, 1.54) is 79.7 Å². The van der Waals surface area contributed by atoms with Crippen LogP contribution in [0.25, 0.3) is 0 Å². The molecule has 8 nitrogen and oxygen atoms in total. The summed E-state index contributed by atoms with van der Waals surface area (Å²) >= 11 is 0. The summed E-state index contributed by atoms with van der Waals surface area (Å²) in [4.78, 5) is 35.2. The van der Waals surface area contributed by atoms with Crippen molar-refractivity contribution >= 4 is 17.7 Å². The second-order valence-corrected chi connectivity index (χ2v) is 6.81.